The Hall–Kier alpha value is -1.71. The fourth-order valence-electron chi connectivity index (χ4n) is 2.07. The lowest BCUT2D eigenvalue weighted by molar-refractivity contribution is 0.0847. The van der Waals surface area contributed by atoms with Crippen molar-refractivity contribution in [3.05, 3.63) is 23.8 Å². The number of nitrogen functional groups attached to an aromatic ring is 1. The van der Waals surface area contributed by atoms with Gasteiger partial charge in [-0.25, -0.2) is 0 Å². The highest BCUT2D eigenvalue weighted by atomic mass is 16.5. The number of benzene rings is 1. The van der Waals surface area contributed by atoms with Gasteiger partial charge in [0.25, 0.3) is 5.91 Å². The Labute approximate surface area is 101 Å². The molecule has 1 aliphatic carbocycles. The van der Waals surface area contributed by atoms with E-state index in [-0.39, 0.29) is 11.4 Å². The van der Waals surface area contributed by atoms with Crippen LogP contribution in [0, 0.1) is 0 Å². The first kappa shape index (κ1) is 11.8. The summed E-state index contributed by atoms with van der Waals surface area (Å²) in [6.07, 6.45) is 3.25. The smallest absolute Gasteiger partial charge is 0.255 e. The van der Waals surface area contributed by atoms with Gasteiger partial charge < -0.3 is 15.8 Å². The lowest BCUT2D eigenvalue weighted by Crippen LogP contribution is -2.50. The molecule has 1 aliphatic rings. The SMILES string of the molecule is COc1cc(N)ccc1C(=O)NC1(C)CCC1. The molecule has 1 fully saturated rings. The first-order valence-corrected chi connectivity index (χ1v) is 5.80. The number of nitrogens with two attached hydrogens (primary N) is 1. The van der Waals surface area contributed by atoms with Gasteiger partial charge in [0.15, 0.2) is 0 Å². The van der Waals surface area contributed by atoms with E-state index in [9.17, 15) is 4.79 Å². The lowest BCUT2D eigenvalue weighted by atomic mass is 9.78. The number of ether oxygens (including phenoxy) is 1. The first-order valence-electron chi connectivity index (χ1n) is 5.80. The van der Waals surface area contributed by atoms with Crippen LogP contribution in [0.1, 0.15) is 36.5 Å². The highest BCUT2D eigenvalue weighted by Gasteiger charge is 2.33. The summed E-state index contributed by atoms with van der Waals surface area (Å²) in [7, 11) is 1.54. The van der Waals surface area contributed by atoms with Gasteiger partial charge in [0, 0.05) is 17.3 Å². The van der Waals surface area contributed by atoms with E-state index in [0.29, 0.717) is 17.0 Å². The Morgan fingerprint density at radius 3 is 2.71 bits per heavy atom. The van der Waals surface area contributed by atoms with E-state index < -0.39 is 0 Å². The highest BCUT2D eigenvalue weighted by Crippen LogP contribution is 2.32. The molecule has 0 aromatic heterocycles. The fraction of sp³-hybridized carbons (Fsp3) is 0.462. The number of rotatable bonds is 3. The van der Waals surface area contributed by atoms with E-state index in [4.69, 9.17) is 10.5 Å². The summed E-state index contributed by atoms with van der Waals surface area (Å²) in [6.45, 7) is 2.07. The first-order chi connectivity index (χ1) is 8.04. The number of methoxy groups -OCH3 is 1. The molecule has 0 saturated heterocycles. The molecule has 17 heavy (non-hydrogen) atoms. The fourth-order valence-corrected chi connectivity index (χ4v) is 2.07. The third-order valence-corrected chi connectivity index (χ3v) is 3.34. The third kappa shape index (κ3) is 2.35. The second-order valence-corrected chi connectivity index (χ2v) is 4.83. The highest BCUT2D eigenvalue weighted by molar-refractivity contribution is 5.97. The average Bonchev–Trinajstić information content (AvgIpc) is 2.26. The van der Waals surface area contributed by atoms with Crippen molar-refractivity contribution in [1.82, 2.24) is 5.32 Å². The maximum Gasteiger partial charge on any atom is 0.255 e. The summed E-state index contributed by atoms with van der Waals surface area (Å²) in [5.41, 5.74) is 6.73. The molecule has 1 amide bonds. The number of nitrogens with one attached hydrogen (secondary N) is 1. The van der Waals surface area contributed by atoms with Gasteiger partial charge in [-0.1, -0.05) is 0 Å². The van der Waals surface area contributed by atoms with Crippen molar-refractivity contribution >= 4 is 11.6 Å². The summed E-state index contributed by atoms with van der Waals surface area (Å²) in [5, 5.41) is 3.04. The zero-order valence-corrected chi connectivity index (χ0v) is 10.2. The minimum Gasteiger partial charge on any atom is -0.496 e. The molecular formula is C13H18N2O2. The van der Waals surface area contributed by atoms with Crippen LogP contribution < -0.4 is 15.8 Å². The lowest BCUT2D eigenvalue weighted by Gasteiger charge is -2.39. The van der Waals surface area contributed by atoms with E-state index in [1.165, 1.54) is 13.5 Å². The normalized spacial score (nSPS) is 17.1. The number of hydrogen-bond donors (Lipinski definition) is 2. The number of hydrogen-bond acceptors (Lipinski definition) is 3. The molecule has 0 unspecified atom stereocenters. The Morgan fingerprint density at radius 1 is 1.47 bits per heavy atom. The van der Waals surface area contributed by atoms with Crippen LogP contribution >= 0.6 is 0 Å². The summed E-state index contributed by atoms with van der Waals surface area (Å²) >= 11 is 0. The average molecular weight is 234 g/mol. The van der Waals surface area contributed by atoms with E-state index >= 15 is 0 Å². The maximum absolute atomic E-state index is 12.1. The molecule has 0 atom stereocenters. The third-order valence-electron chi connectivity index (χ3n) is 3.34. The quantitative estimate of drug-likeness (QED) is 0.786. The van der Waals surface area contributed by atoms with Crippen LogP contribution in [0.25, 0.3) is 0 Å². The molecule has 3 N–H and O–H groups in total. The van der Waals surface area contributed by atoms with Crippen LogP contribution in [-0.4, -0.2) is 18.6 Å². The maximum atomic E-state index is 12.1. The van der Waals surface area contributed by atoms with Gasteiger partial charge in [0.1, 0.15) is 5.75 Å². The second kappa shape index (κ2) is 4.28. The van der Waals surface area contributed by atoms with E-state index in [2.05, 4.69) is 12.2 Å². The molecule has 1 aromatic rings. The molecule has 4 heteroatoms. The molecule has 1 saturated carbocycles. The summed E-state index contributed by atoms with van der Waals surface area (Å²) in [6, 6.07) is 5.07. The van der Waals surface area contributed by atoms with Crippen LogP contribution in [0.3, 0.4) is 0 Å². The molecule has 0 heterocycles. The van der Waals surface area contributed by atoms with Crippen molar-refractivity contribution in [2.75, 3.05) is 12.8 Å². The zero-order valence-electron chi connectivity index (χ0n) is 10.2. The standard InChI is InChI=1S/C13H18N2O2/c1-13(6-3-7-13)15-12(16)10-5-4-9(14)8-11(10)17-2/h4-5,8H,3,6-7,14H2,1-2H3,(H,15,16). The van der Waals surface area contributed by atoms with Crippen molar-refractivity contribution in [3.8, 4) is 5.75 Å². The number of carbonyl (C=O) groups excluding carboxylic acids is 1. The van der Waals surface area contributed by atoms with Gasteiger partial charge in [-0.3, -0.25) is 4.79 Å². The van der Waals surface area contributed by atoms with Gasteiger partial charge in [-0.2, -0.15) is 0 Å². The Kier molecular flexibility index (Phi) is 2.96. The predicted octanol–water partition coefficient (Wildman–Crippen LogP) is 1.95. The summed E-state index contributed by atoms with van der Waals surface area (Å²) < 4.78 is 5.17. The Balaban J connectivity index is 2.18. The van der Waals surface area contributed by atoms with Crippen LogP contribution in [0.4, 0.5) is 5.69 Å². The molecule has 4 nitrogen and oxygen atoms in total. The van der Waals surface area contributed by atoms with Gasteiger partial charge in [0.2, 0.25) is 0 Å². The van der Waals surface area contributed by atoms with Gasteiger partial charge in [-0.05, 0) is 38.3 Å². The topological polar surface area (TPSA) is 64.3 Å². The Morgan fingerprint density at radius 2 is 2.18 bits per heavy atom. The van der Waals surface area contributed by atoms with E-state index in [1.807, 2.05) is 0 Å². The molecular weight excluding hydrogens is 216 g/mol. The summed E-state index contributed by atoms with van der Waals surface area (Å²) in [4.78, 5) is 12.1. The number of anilines is 1. The molecule has 0 radical (unpaired) electrons. The molecule has 2 rings (SSSR count). The monoisotopic (exact) mass is 234 g/mol. The van der Waals surface area contributed by atoms with E-state index in [1.54, 1.807) is 18.2 Å². The van der Waals surface area contributed by atoms with Crippen LogP contribution in [0.15, 0.2) is 18.2 Å². The predicted molar refractivity (Wildman–Crippen MR) is 67.1 cm³/mol. The second-order valence-electron chi connectivity index (χ2n) is 4.83. The van der Waals surface area contributed by atoms with Crippen molar-refractivity contribution in [3.63, 3.8) is 0 Å². The van der Waals surface area contributed by atoms with Gasteiger partial charge in [-0.15, -0.1) is 0 Å². The number of amides is 1. The molecule has 0 bridgehead atoms. The van der Waals surface area contributed by atoms with Crippen molar-refractivity contribution in [2.24, 2.45) is 0 Å². The molecule has 0 aliphatic heterocycles. The Bertz CT molecular complexity index is 439. The van der Waals surface area contributed by atoms with Crippen molar-refractivity contribution in [1.29, 1.82) is 0 Å². The van der Waals surface area contributed by atoms with Gasteiger partial charge in [0.05, 0.1) is 12.7 Å². The van der Waals surface area contributed by atoms with Crippen LogP contribution in [0.5, 0.6) is 5.75 Å². The minimum absolute atomic E-state index is 0.0521. The number of carbonyl (C=O) groups is 1. The van der Waals surface area contributed by atoms with Crippen LogP contribution in [-0.2, 0) is 0 Å². The molecule has 92 valence electrons. The van der Waals surface area contributed by atoms with Crippen molar-refractivity contribution < 1.29 is 9.53 Å². The largest absolute Gasteiger partial charge is 0.496 e. The van der Waals surface area contributed by atoms with Crippen LogP contribution in [0.2, 0.25) is 0 Å². The molecule has 0 spiro atoms. The van der Waals surface area contributed by atoms with E-state index in [0.717, 1.165) is 12.8 Å². The zero-order chi connectivity index (χ0) is 12.5. The summed E-state index contributed by atoms with van der Waals surface area (Å²) in [5.74, 6) is 0.425. The van der Waals surface area contributed by atoms with Gasteiger partial charge >= 0.3 is 0 Å². The van der Waals surface area contributed by atoms with Crippen molar-refractivity contribution in [2.45, 2.75) is 31.7 Å². The molecule has 1 aromatic carbocycles. The minimum atomic E-state index is -0.0935.